The molecule has 3 aliphatic rings. The molecule has 2 fully saturated rings. The molecule has 2 unspecified atom stereocenters. The minimum Gasteiger partial charge on any atom is -0.507 e. The van der Waals surface area contributed by atoms with E-state index < -0.39 is 76.2 Å². The number of benzene rings is 1. The van der Waals surface area contributed by atoms with E-state index in [0.29, 0.717) is 5.56 Å². The monoisotopic (exact) mass is 515 g/mol. The number of aliphatic hydroxyl groups excluding tert-OH is 1. The van der Waals surface area contributed by atoms with Gasteiger partial charge in [0.05, 0.1) is 36.3 Å². The first-order valence-corrected chi connectivity index (χ1v) is 11.6. The summed E-state index contributed by atoms with van der Waals surface area (Å²) in [6.45, 7) is 4.25. The average molecular weight is 516 g/mol. The Kier molecular flexibility index (Phi) is 6.67. The van der Waals surface area contributed by atoms with Gasteiger partial charge in [-0.3, -0.25) is 34.2 Å². The summed E-state index contributed by atoms with van der Waals surface area (Å²) in [6, 6.07) is 1.64. The molecule has 0 aliphatic heterocycles. The van der Waals surface area contributed by atoms with Gasteiger partial charge >= 0.3 is 0 Å². The van der Waals surface area contributed by atoms with Gasteiger partial charge in [-0.15, -0.1) is 0 Å². The van der Waals surface area contributed by atoms with Crippen LogP contribution in [0.5, 0.6) is 5.75 Å². The van der Waals surface area contributed by atoms with Gasteiger partial charge in [0.15, 0.2) is 34.7 Å². The van der Waals surface area contributed by atoms with Gasteiger partial charge in [-0.05, 0) is 25.2 Å². The number of methoxy groups -OCH3 is 1. The Morgan fingerprint density at radius 3 is 2.43 bits per heavy atom. The molecule has 2 saturated carbocycles. The van der Waals surface area contributed by atoms with Crippen molar-refractivity contribution in [1.82, 2.24) is 10.2 Å². The Morgan fingerprint density at radius 1 is 1.22 bits per heavy atom. The van der Waals surface area contributed by atoms with Crippen LogP contribution in [-0.4, -0.2) is 94.9 Å². The first-order valence-electron chi connectivity index (χ1n) is 11.6. The lowest BCUT2D eigenvalue weighted by molar-refractivity contribution is -0.192. The van der Waals surface area contributed by atoms with Crippen molar-refractivity contribution < 1.29 is 44.0 Å². The minimum atomic E-state index is -3.05. The van der Waals surface area contributed by atoms with E-state index in [0.717, 1.165) is 0 Å². The van der Waals surface area contributed by atoms with Gasteiger partial charge in [-0.25, -0.2) is 0 Å². The van der Waals surface area contributed by atoms with E-state index in [1.54, 1.807) is 6.07 Å². The largest absolute Gasteiger partial charge is 0.507 e. The van der Waals surface area contributed by atoms with Crippen LogP contribution in [0, 0.1) is 23.7 Å². The molecule has 198 valence electrons. The Balaban J connectivity index is 1.89. The second-order valence-corrected chi connectivity index (χ2v) is 9.91. The number of phenolic OH excluding ortho intramolecular Hbond substituents is 1. The molecule has 0 spiro atoms. The maximum absolute atomic E-state index is 13.9. The number of ketones is 4. The Labute approximate surface area is 212 Å². The van der Waals surface area contributed by atoms with Gasteiger partial charge in [0.1, 0.15) is 5.75 Å². The zero-order valence-electron chi connectivity index (χ0n) is 20.6. The van der Waals surface area contributed by atoms with Crippen molar-refractivity contribution in [3.05, 3.63) is 35.4 Å². The van der Waals surface area contributed by atoms with E-state index >= 15 is 0 Å². The highest BCUT2D eigenvalue weighted by Crippen LogP contribution is 2.54. The summed E-state index contributed by atoms with van der Waals surface area (Å²) < 4.78 is 4.91. The molecule has 3 aliphatic carbocycles. The van der Waals surface area contributed by atoms with Gasteiger partial charge < -0.3 is 25.8 Å². The van der Waals surface area contributed by atoms with Crippen molar-refractivity contribution in [2.24, 2.45) is 29.4 Å². The van der Waals surface area contributed by atoms with Crippen LogP contribution in [0.4, 0.5) is 0 Å². The van der Waals surface area contributed by atoms with E-state index in [-0.39, 0.29) is 30.0 Å². The number of primary amides is 1. The maximum atomic E-state index is 13.9. The third-order valence-electron chi connectivity index (χ3n) is 7.73. The van der Waals surface area contributed by atoms with E-state index in [2.05, 4.69) is 11.9 Å². The number of hydrogen-bond acceptors (Lipinski definition) is 11. The standard InChI is InChI=1S/C25H29N3O9/c1-9-11-6-5-10(7-27-8-37-4)18(29)13(11)19(30)14-12(9)20(31)16-17(28(2)3)21(32)15(24(26)35)23(34)25(16,36)22(14)33/h5-6,12,14-17,20,27,29,31,36H,1,7-8H2,2-4H3,(H2,26,35)/t12-,14?,15?,16-,17+,20+,25+/m1/s1. The van der Waals surface area contributed by atoms with E-state index in [9.17, 15) is 39.3 Å². The van der Waals surface area contributed by atoms with Crippen molar-refractivity contribution in [2.45, 2.75) is 24.3 Å². The van der Waals surface area contributed by atoms with Gasteiger partial charge in [0.2, 0.25) is 5.91 Å². The van der Waals surface area contributed by atoms with Crippen LogP contribution in [0.3, 0.4) is 0 Å². The van der Waals surface area contributed by atoms with E-state index in [4.69, 9.17) is 10.5 Å². The number of fused-ring (bicyclic) bond motifs is 3. The highest BCUT2D eigenvalue weighted by atomic mass is 16.5. The second kappa shape index (κ2) is 9.23. The molecular weight excluding hydrogens is 486 g/mol. The van der Waals surface area contributed by atoms with Gasteiger partial charge in [-0.1, -0.05) is 18.7 Å². The van der Waals surface area contributed by atoms with Gasteiger partial charge in [0.25, 0.3) is 0 Å². The molecule has 1 aromatic carbocycles. The first-order chi connectivity index (χ1) is 17.3. The summed E-state index contributed by atoms with van der Waals surface area (Å²) in [6.07, 6.45) is -1.75. The molecule has 12 nitrogen and oxygen atoms in total. The van der Waals surface area contributed by atoms with Gasteiger partial charge in [-0.2, -0.15) is 0 Å². The van der Waals surface area contributed by atoms with Crippen molar-refractivity contribution in [1.29, 1.82) is 0 Å². The molecular formula is C25H29N3O9. The summed E-state index contributed by atoms with van der Waals surface area (Å²) in [5.41, 5.74) is 2.64. The highest BCUT2D eigenvalue weighted by molar-refractivity contribution is 6.33. The lowest BCUT2D eigenvalue weighted by Gasteiger charge is -2.55. The number of nitrogens with one attached hydrogen (secondary N) is 1. The molecule has 12 heteroatoms. The van der Waals surface area contributed by atoms with Crippen LogP contribution in [-0.2, 0) is 30.5 Å². The molecule has 6 N–H and O–H groups in total. The number of likely N-dealkylation sites (N-methyl/N-ethyl adjacent to an activating group) is 1. The molecule has 4 rings (SSSR count). The fourth-order valence-corrected chi connectivity index (χ4v) is 6.08. The van der Waals surface area contributed by atoms with Crippen molar-refractivity contribution >= 4 is 34.6 Å². The molecule has 0 saturated heterocycles. The molecule has 0 radical (unpaired) electrons. The zero-order chi connectivity index (χ0) is 27.6. The molecule has 0 heterocycles. The molecule has 1 aromatic rings. The fourth-order valence-electron chi connectivity index (χ4n) is 6.08. The topological polar surface area (TPSA) is 197 Å². The van der Waals surface area contributed by atoms with Crippen LogP contribution < -0.4 is 11.1 Å². The summed E-state index contributed by atoms with van der Waals surface area (Å²) >= 11 is 0. The van der Waals surface area contributed by atoms with Gasteiger partial charge in [0, 0.05) is 25.1 Å². The number of rotatable bonds is 6. The van der Waals surface area contributed by atoms with Crippen LogP contribution in [0.2, 0.25) is 0 Å². The molecule has 1 amide bonds. The first kappa shape index (κ1) is 26.8. The predicted molar refractivity (Wildman–Crippen MR) is 127 cm³/mol. The minimum absolute atomic E-state index is 0.120. The number of ether oxygens (including phenoxy) is 1. The number of aliphatic hydroxyl groups is 2. The molecule has 0 bridgehead atoms. The normalized spacial score (nSPS) is 33.3. The van der Waals surface area contributed by atoms with E-state index in [1.165, 1.54) is 32.2 Å². The van der Waals surface area contributed by atoms with Crippen molar-refractivity contribution in [2.75, 3.05) is 27.9 Å². The van der Waals surface area contributed by atoms with Crippen LogP contribution in [0.25, 0.3) is 5.57 Å². The Hall–Kier alpha value is -3.29. The number of carbonyl (C=O) groups excluding carboxylic acids is 5. The second-order valence-electron chi connectivity index (χ2n) is 9.91. The Morgan fingerprint density at radius 2 is 1.86 bits per heavy atom. The number of aromatic hydroxyl groups is 1. The van der Waals surface area contributed by atoms with Crippen LogP contribution >= 0.6 is 0 Å². The number of nitrogens with two attached hydrogens (primary N) is 1. The maximum Gasteiger partial charge on any atom is 0.235 e. The number of Topliss-reactive ketones (excluding diaryl/α,β-unsaturated/α-hetero) is 4. The quantitative estimate of drug-likeness (QED) is 0.160. The Bertz CT molecular complexity index is 1240. The summed E-state index contributed by atoms with van der Waals surface area (Å²) in [4.78, 5) is 67.3. The zero-order valence-corrected chi connectivity index (χ0v) is 20.6. The summed E-state index contributed by atoms with van der Waals surface area (Å²) in [7, 11) is 4.32. The molecule has 0 aromatic heterocycles. The van der Waals surface area contributed by atoms with Crippen LogP contribution in [0.1, 0.15) is 21.5 Å². The highest BCUT2D eigenvalue weighted by Gasteiger charge is 2.72. The number of amides is 1. The lowest BCUT2D eigenvalue weighted by Crippen LogP contribution is -2.77. The summed E-state index contributed by atoms with van der Waals surface area (Å²) in [5.74, 6) is -13.3. The SMILES string of the molecule is C=C1c2ccc(CNCOC)c(O)c2C(=O)C2C(=O)[C@]3(O)C(=O)C(C(N)=O)C(=O)[C@@H](N(C)C)[C@@H]3[C@@H](O)[C@H]12. The number of carbonyl (C=O) groups is 5. The smallest absolute Gasteiger partial charge is 0.235 e. The van der Waals surface area contributed by atoms with Crippen molar-refractivity contribution in [3.8, 4) is 5.75 Å². The summed E-state index contributed by atoms with van der Waals surface area (Å²) in [5, 5.41) is 36.9. The predicted octanol–water partition coefficient (Wildman–Crippen LogP) is -2.00. The number of hydrogen-bond donors (Lipinski definition) is 5. The third kappa shape index (κ3) is 3.59. The van der Waals surface area contributed by atoms with E-state index in [1.807, 2.05) is 0 Å². The number of phenols is 1. The average Bonchev–Trinajstić information content (AvgIpc) is 2.82. The molecule has 7 atom stereocenters. The van der Waals surface area contributed by atoms with Crippen molar-refractivity contribution in [3.63, 3.8) is 0 Å². The van der Waals surface area contributed by atoms with Crippen LogP contribution in [0.15, 0.2) is 18.7 Å². The number of nitrogens with zero attached hydrogens (tertiary/aromatic N) is 1. The lowest BCUT2D eigenvalue weighted by atomic mass is 9.50. The third-order valence-corrected chi connectivity index (χ3v) is 7.73. The fraction of sp³-hybridized carbons (Fsp3) is 0.480. The molecule has 37 heavy (non-hydrogen) atoms.